The van der Waals surface area contributed by atoms with Crippen molar-refractivity contribution in [2.45, 2.75) is 44.4 Å². The third-order valence-corrected chi connectivity index (χ3v) is 3.19. The SMILES string of the molecule is CN(Cc1cnc[nH]1)[C@@H]1CCCC[C@H]1F. The van der Waals surface area contributed by atoms with Crippen LogP contribution in [0, 0.1) is 0 Å². The second kappa shape index (κ2) is 4.75. The van der Waals surface area contributed by atoms with Gasteiger partial charge in [0.2, 0.25) is 0 Å². The van der Waals surface area contributed by atoms with Crippen molar-refractivity contribution in [3.8, 4) is 0 Å². The van der Waals surface area contributed by atoms with E-state index in [0.29, 0.717) is 0 Å². The third-order valence-electron chi connectivity index (χ3n) is 3.19. The van der Waals surface area contributed by atoms with E-state index in [1.165, 1.54) is 0 Å². The molecule has 15 heavy (non-hydrogen) atoms. The van der Waals surface area contributed by atoms with Gasteiger partial charge in [0.05, 0.1) is 6.33 Å². The maximum Gasteiger partial charge on any atom is 0.116 e. The van der Waals surface area contributed by atoms with E-state index >= 15 is 0 Å². The average molecular weight is 211 g/mol. The Bertz CT molecular complexity index is 286. The van der Waals surface area contributed by atoms with Crippen molar-refractivity contribution >= 4 is 0 Å². The summed E-state index contributed by atoms with van der Waals surface area (Å²) in [6, 6.07) is 0.0852. The largest absolute Gasteiger partial charge is 0.347 e. The van der Waals surface area contributed by atoms with E-state index in [-0.39, 0.29) is 6.04 Å². The van der Waals surface area contributed by atoms with E-state index in [2.05, 4.69) is 14.9 Å². The maximum atomic E-state index is 13.7. The van der Waals surface area contributed by atoms with Crippen LogP contribution in [0.15, 0.2) is 12.5 Å². The van der Waals surface area contributed by atoms with Gasteiger partial charge in [-0.15, -0.1) is 0 Å². The fraction of sp³-hybridized carbons (Fsp3) is 0.727. The molecule has 1 aliphatic rings. The molecule has 2 atom stereocenters. The van der Waals surface area contributed by atoms with Crippen molar-refractivity contribution in [1.82, 2.24) is 14.9 Å². The fourth-order valence-electron chi connectivity index (χ4n) is 2.32. The lowest BCUT2D eigenvalue weighted by Crippen LogP contribution is -2.40. The molecule has 84 valence electrons. The minimum Gasteiger partial charge on any atom is -0.347 e. The summed E-state index contributed by atoms with van der Waals surface area (Å²) < 4.78 is 13.7. The zero-order valence-corrected chi connectivity index (χ0v) is 9.12. The quantitative estimate of drug-likeness (QED) is 0.830. The first-order valence-corrected chi connectivity index (χ1v) is 5.59. The van der Waals surface area contributed by atoms with E-state index in [0.717, 1.165) is 37.9 Å². The number of imidazole rings is 1. The Labute approximate surface area is 89.7 Å². The second-order valence-corrected chi connectivity index (χ2v) is 4.36. The van der Waals surface area contributed by atoms with Crippen molar-refractivity contribution < 1.29 is 4.39 Å². The molecule has 3 nitrogen and oxygen atoms in total. The van der Waals surface area contributed by atoms with Gasteiger partial charge >= 0.3 is 0 Å². The van der Waals surface area contributed by atoms with E-state index in [1.807, 2.05) is 7.05 Å². The number of alkyl halides is 1. The number of aromatic amines is 1. The van der Waals surface area contributed by atoms with Crippen LogP contribution in [0.25, 0.3) is 0 Å². The van der Waals surface area contributed by atoms with Gasteiger partial charge in [-0.2, -0.15) is 0 Å². The summed E-state index contributed by atoms with van der Waals surface area (Å²) in [5.74, 6) is 0. The summed E-state index contributed by atoms with van der Waals surface area (Å²) in [4.78, 5) is 9.10. The van der Waals surface area contributed by atoms with Crippen LogP contribution in [0.5, 0.6) is 0 Å². The first kappa shape index (κ1) is 10.6. The normalized spacial score (nSPS) is 27.1. The number of aromatic nitrogens is 2. The van der Waals surface area contributed by atoms with Gasteiger partial charge in [-0.25, -0.2) is 9.37 Å². The Morgan fingerprint density at radius 3 is 3.00 bits per heavy atom. The van der Waals surface area contributed by atoms with Gasteiger partial charge in [-0.05, 0) is 19.9 Å². The lowest BCUT2D eigenvalue weighted by Gasteiger charge is -2.33. The molecule has 1 aliphatic carbocycles. The number of hydrogen-bond donors (Lipinski definition) is 1. The first-order valence-electron chi connectivity index (χ1n) is 5.59. The van der Waals surface area contributed by atoms with E-state index in [1.54, 1.807) is 12.5 Å². The van der Waals surface area contributed by atoms with Gasteiger partial charge in [0.25, 0.3) is 0 Å². The average Bonchev–Trinajstić information content (AvgIpc) is 2.71. The summed E-state index contributed by atoms with van der Waals surface area (Å²) in [5.41, 5.74) is 1.05. The molecule has 2 rings (SSSR count). The van der Waals surface area contributed by atoms with Crippen molar-refractivity contribution in [3.63, 3.8) is 0 Å². The molecule has 0 unspecified atom stereocenters. The number of hydrogen-bond acceptors (Lipinski definition) is 2. The molecule has 1 aromatic rings. The molecule has 0 spiro atoms. The summed E-state index contributed by atoms with van der Waals surface area (Å²) >= 11 is 0. The minimum absolute atomic E-state index is 0.0852. The van der Waals surface area contributed by atoms with Gasteiger partial charge in [0.1, 0.15) is 6.17 Å². The predicted molar refractivity (Wildman–Crippen MR) is 57.2 cm³/mol. The van der Waals surface area contributed by atoms with Gasteiger partial charge in [0, 0.05) is 24.5 Å². The monoisotopic (exact) mass is 211 g/mol. The molecule has 0 amide bonds. The van der Waals surface area contributed by atoms with Crippen LogP contribution in [-0.4, -0.2) is 34.1 Å². The molecule has 1 heterocycles. The Morgan fingerprint density at radius 1 is 1.53 bits per heavy atom. The summed E-state index contributed by atoms with van der Waals surface area (Å²) in [6.45, 7) is 0.755. The molecule has 0 aromatic carbocycles. The molecular weight excluding hydrogens is 193 g/mol. The van der Waals surface area contributed by atoms with Crippen LogP contribution in [0.3, 0.4) is 0 Å². The molecule has 1 saturated carbocycles. The molecular formula is C11H18FN3. The number of nitrogens with one attached hydrogen (secondary N) is 1. The van der Waals surface area contributed by atoms with Crippen molar-refractivity contribution in [2.75, 3.05) is 7.05 Å². The second-order valence-electron chi connectivity index (χ2n) is 4.36. The zero-order chi connectivity index (χ0) is 10.7. The van der Waals surface area contributed by atoms with Crippen LogP contribution in [0.1, 0.15) is 31.4 Å². The standard InChI is InChI=1S/C11H18FN3/c1-15(7-9-6-13-8-14-9)11-5-3-2-4-10(11)12/h6,8,10-11H,2-5,7H2,1H3,(H,13,14)/t10-,11-/m1/s1. The van der Waals surface area contributed by atoms with E-state index < -0.39 is 6.17 Å². The van der Waals surface area contributed by atoms with E-state index in [9.17, 15) is 4.39 Å². The molecule has 1 fully saturated rings. The highest BCUT2D eigenvalue weighted by Gasteiger charge is 2.27. The van der Waals surface area contributed by atoms with Gasteiger partial charge in [0.15, 0.2) is 0 Å². The van der Waals surface area contributed by atoms with Crippen molar-refractivity contribution in [2.24, 2.45) is 0 Å². The number of rotatable bonds is 3. The summed E-state index contributed by atoms with van der Waals surface area (Å²) in [7, 11) is 1.99. The highest BCUT2D eigenvalue weighted by molar-refractivity contribution is 4.95. The summed E-state index contributed by atoms with van der Waals surface area (Å²) in [5, 5.41) is 0. The van der Waals surface area contributed by atoms with E-state index in [4.69, 9.17) is 0 Å². The lowest BCUT2D eigenvalue weighted by molar-refractivity contribution is 0.0899. The summed E-state index contributed by atoms with van der Waals surface area (Å²) in [6.07, 6.45) is 6.69. The van der Waals surface area contributed by atoms with Gasteiger partial charge in [-0.1, -0.05) is 12.8 Å². The first-order chi connectivity index (χ1) is 7.27. The molecule has 0 bridgehead atoms. The van der Waals surface area contributed by atoms with Gasteiger partial charge in [-0.3, -0.25) is 4.90 Å². The highest BCUT2D eigenvalue weighted by Crippen LogP contribution is 2.25. The molecule has 1 aromatic heterocycles. The predicted octanol–water partition coefficient (Wildman–Crippen LogP) is 2.12. The third kappa shape index (κ3) is 2.56. The van der Waals surface area contributed by atoms with Crippen LogP contribution in [0.2, 0.25) is 0 Å². The smallest absolute Gasteiger partial charge is 0.116 e. The molecule has 0 aliphatic heterocycles. The number of H-pyrrole nitrogens is 1. The lowest BCUT2D eigenvalue weighted by atomic mass is 9.92. The Hall–Kier alpha value is -0.900. The Balaban J connectivity index is 1.91. The fourth-order valence-corrected chi connectivity index (χ4v) is 2.32. The number of nitrogens with zero attached hydrogens (tertiary/aromatic N) is 2. The van der Waals surface area contributed by atoms with Crippen LogP contribution in [-0.2, 0) is 6.54 Å². The topological polar surface area (TPSA) is 31.9 Å². The highest BCUT2D eigenvalue weighted by atomic mass is 19.1. The zero-order valence-electron chi connectivity index (χ0n) is 9.12. The van der Waals surface area contributed by atoms with Crippen molar-refractivity contribution in [3.05, 3.63) is 18.2 Å². The van der Waals surface area contributed by atoms with Crippen LogP contribution in [0.4, 0.5) is 4.39 Å². The molecule has 1 N–H and O–H groups in total. The Morgan fingerprint density at radius 2 is 2.33 bits per heavy atom. The number of halogens is 1. The maximum absolute atomic E-state index is 13.7. The van der Waals surface area contributed by atoms with Crippen LogP contribution >= 0.6 is 0 Å². The Kier molecular flexibility index (Phi) is 3.36. The molecule has 0 radical (unpaired) electrons. The molecule has 0 saturated heterocycles. The van der Waals surface area contributed by atoms with Crippen molar-refractivity contribution in [1.29, 1.82) is 0 Å². The van der Waals surface area contributed by atoms with Crippen LogP contribution < -0.4 is 0 Å². The molecule has 4 heteroatoms. The van der Waals surface area contributed by atoms with Gasteiger partial charge < -0.3 is 4.98 Å². The minimum atomic E-state index is -0.660.